The number of nitrogens with one attached hydrogen (secondary N) is 2. The molecule has 3 aromatic carbocycles. The Hall–Kier alpha value is -3.51. The molecule has 0 radical (unpaired) electrons. The highest BCUT2D eigenvalue weighted by Crippen LogP contribution is 2.23. The van der Waals surface area contributed by atoms with Gasteiger partial charge in [0.1, 0.15) is 11.5 Å². The zero-order valence-electron chi connectivity index (χ0n) is 14.0. The number of carbonyl (C=O) groups excluding carboxylic acids is 1. The van der Waals surface area contributed by atoms with Gasteiger partial charge in [-0.1, -0.05) is 11.6 Å². The summed E-state index contributed by atoms with van der Waals surface area (Å²) in [4.78, 5) is 22.8. The van der Waals surface area contributed by atoms with Gasteiger partial charge in [-0.05, 0) is 72.8 Å². The molecule has 3 N–H and O–H groups in total. The molecule has 0 spiro atoms. The van der Waals surface area contributed by atoms with Crippen LogP contribution in [-0.4, -0.2) is 17.1 Å². The lowest BCUT2D eigenvalue weighted by molar-refractivity contribution is 0.0697. The predicted molar refractivity (Wildman–Crippen MR) is 104 cm³/mol. The van der Waals surface area contributed by atoms with Crippen molar-refractivity contribution in [2.75, 3.05) is 10.6 Å². The Kier molecular flexibility index (Phi) is 5.58. The minimum Gasteiger partial charge on any atom is -0.478 e. The van der Waals surface area contributed by atoms with Crippen LogP contribution in [0.15, 0.2) is 72.8 Å². The van der Waals surface area contributed by atoms with Gasteiger partial charge in [-0.15, -0.1) is 0 Å². The first kappa shape index (κ1) is 18.3. The third-order valence-corrected chi connectivity index (χ3v) is 3.80. The molecule has 0 saturated heterocycles. The van der Waals surface area contributed by atoms with Crippen molar-refractivity contribution in [3.8, 4) is 11.5 Å². The van der Waals surface area contributed by atoms with Gasteiger partial charge >= 0.3 is 12.0 Å². The fourth-order valence-corrected chi connectivity index (χ4v) is 2.36. The first-order valence-corrected chi connectivity index (χ1v) is 8.32. The van der Waals surface area contributed by atoms with Gasteiger partial charge in [-0.2, -0.15) is 0 Å². The highest BCUT2D eigenvalue weighted by atomic mass is 35.5. The average molecular weight is 383 g/mol. The summed E-state index contributed by atoms with van der Waals surface area (Å²) in [6.07, 6.45) is 0. The molecule has 3 aromatic rings. The minimum atomic E-state index is -0.992. The van der Waals surface area contributed by atoms with Crippen molar-refractivity contribution in [3.63, 3.8) is 0 Å². The van der Waals surface area contributed by atoms with Crippen molar-refractivity contribution in [1.82, 2.24) is 0 Å². The predicted octanol–water partition coefficient (Wildman–Crippen LogP) is 5.47. The molecule has 0 fully saturated rings. The number of rotatable bonds is 5. The van der Waals surface area contributed by atoms with Crippen LogP contribution in [0, 0.1) is 0 Å². The molecule has 0 bridgehead atoms. The Balaban J connectivity index is 1.57. The van der Waals surface area contributed by atoms with Gasteiger partial charge < -0.3 is 20.5 Å². The van der Waals surface area contributed by atoms with Crippen LogP contribution in [0.5, 0.6) is 11.5 Å². The van der Waals surface area contributed by atoms with E-state index in [1.165, 1.54) is 12.1 Å². The summed E-state index contributed by atoms with van der Waals surface area (Å²) in [6.45, 7) is 0. The van der Waals surface area contributed by atoms with Crippen molar-refractivity contribution in [2.45, 2.75) is 0 Å². The minimum absolute atomic E-state index is 0.189. The molecule has 0 aliphatic carbocycles. The summed E-state index contributed by atoms with van der Waals surface area (Å²) < 4.78 is 5.65. The van der Waals surface area contributed by atoms with Gasteiger partial charge in [-0.3, -0.25) is 0 Å². The normalized spacial score (nSPS) is 10.1. The van der Waals surface area contributed by atoms with Crippen molar-refractivity contribution in [3.05, 3.63) is 83.4 Å². The third kappa shape index (κ3) is 5.23. The van der Waals surface area contributed by atoms with Crippen molar-refractivity contribution in [1.29, 1.82) is 0 Å². The molecular weight excluding hydrogens is 368 g/mol. The number of aromatic carboxylic acids is 1. The van der Waals surface area contributed by atoms with E-state index in [2.05, 4.69) is 10.6 Å². The number of hydrogen-bond donors (Lipinski definition) is 3. The Morgan fingerprint density at radius 1 is 0.741 bits per heavy atom. The molecular formula is C20H15ClN2O4. The maximum Gasteiger partial charge on any atom is 0.335 e. The number of benzene rings is 3. The lowest BCUT2D eigenvalue weighted by atomic mass is 10.2. The van der Waals surface area contributed by atoms with E-state index in [4.69, 9.17) is 21.4 Å². The number of ether oxygens (including phenoxy) is 1. The van der Waals surface area contributed by atoms with Gasteiger partial charge in [0, 0.05) is 16.4 Å². The van der Waals surface area contributed by atoms with Gasteiger partial charge in [0.15, 0.2) is 0 Å². The van der Waals surface area contributed by atoms with Crippen molar-refractivity contribution >= 4 is 35.0 Å². The fourth-order valence-electron chi connectivity index (χ4n) is 2.23. The number of anilines is 2. The number of amides is 2. The molecule has 2 amide bonds. The summed E-state index contributed by atoms with van der Waals surface area (Å²) in [7, 11) is 0. The van der Waals surface area contributed by atoms with E-state index in [-0.39, 0.29) is 11.6 Å². The Morgan fingerprint density at radius 3 is 1.67 bits per heavy atom. The molecule has 7 heteroatoms. The standard InChI is InChI=1S/C20H15ClN2O4/c21-14-3-5-15(6-4-14)22-20(26)23-16-7-11-18(12-8-16)27-17-9-1-13(2-10-17)19(24)25/h1-12H,(H,24,25)(H2,22,23,26). The fraction of sp³-hybridized carbons (Fsp3) is 0. The quantitative estimate of drug-likeness (QED) is 0.545. The number of carbonyl (C=O) groups is 2. The average Bonchev–Trinajstić information content (AvgIpc) is 2.66. The van der Waals surface area contributed by atoms with E-state index < -0.39 is 5.97 Å². The summed E-state index contributed by atoms with van der Waals surface area (Å²) >= 11 is 5.81. The van der Waals surface area contributed by atoms with Crippen LogP contribution >= 0.6 is 11.6 Å². The van der Waals surface area contributed by atoms with Crippen molar-refractivity contribution < 1.29 is 19.4 Å². The molecule has 0 aliphatic rings. The molecule has 0 aliphatic heterocycles. The van der Waals surface area contributed by atoms with Crippen molar-refractivity contribution in [2.24, 2.45) is 0 Å². The molecule has 0 atom stereocenters. The number of hydrogen-bond acceptors (Lipinski definition) is 3. The monoisotopic (exact) mass is 382 g/mol. The second-order valence-corrected chi connectivity index (χ2v) is 5.98. The van der Waals surface area contributed by atoms with Gasteiger partial charge in [0.05, 0.1) is 5.56 Å². The van der Waals surface area contributed by atoms with Crippen LogP contribution in [0.25, 0.3) is 0 Å². The highest BCUT2D eigenvalue weighted by Gasteiger charge is 2.05. The lowest BCUT2D eigenvalue weighted by Gasteiger charge is -2.09. The van der Waals surface area contributed by atoms with E-state index in [9.17, 15) is 9.59 Å². The molecule has 136 valence electrons. The molecule has 6 nitrogen and oxygen atoms in total. The van der Waals surface area contributed by atoms with Crippen LogP contribution in [-0.2, 0) is 0 Å². The molecule has 0 saturated carbocycles. The summed E-state index contributed by atoms with van der Waals surface area (Å²) in [6, 6.07) is 19.3. The van der Waals surface area contributed by atoms with E-state index in [1.54, 1.807) is 60.7 Å². The first-order chi connectivity index (χ1) is 13.0. The van der Waals surface area contributed by atoms with E-state index in [1.807, 2.05) is 0 Å². The number of halogens is 1. The maximum atomic E-state index is 12.0. The molecule has 0 aromatic heterocycles. The Bertz CT molecular complexity index is 939. The summed E-state index contributed by atoms with van der Waals surface area (Å²) in [5, 5.41) is 14.9. The van der Waals surface area contributed by atoms with Gasteiger partial charge in [-0.25, -0.2) is 9.59 Å². The largest absolute Gasteiger partial charge is 0.478 e. The van der Waals surface area contributed by atoms with E-state index in [0.717, 1.165) is 0 Å². The molecule has 0 heterocycles. The molecule has 0 unspecified atom stereocenters. The van der Waals surface area contributed by atoms with Crippen LogP contribution in [0.3, 0.4) is 0 Å². The van der Waals surface area contributed by atoms with E-state index >= 15 is 0 Å². The number of carboxylic acids is 1. The van der Waals surface area contributed by atoms with Gasteiger partial charge in [0.25, 0.3) is 0 Å². The summed E-state index contributed by atoms with van der Waals surface area (Å²) in [5.41, 5.74) is 1.41. The van der Waals surface area contributed by atoms with E-state index in [0.29, 0.717) is 27.9 Å². The molecule has 3 rings (SSSR count). The summed E-state index contributed by atoms with van der Waals surface area (Å²) in [5.74, 6) is 0.0804. The number of carboxylic acid groups (broad SMARTS) is 1. The Labute approximate surface area is 160 Å². The highest BCUT2D eigenvalue weighted by molar-refractivity contribution is 6.30. The lowest BCUT2D eigenvalue weighted by Crippen LogP contribution is -2.19. The van der Waals surface area contributed by atoms with Crippen LogP contribution in [0.2, 0.25) is 5.02 Å². The smallest absolute Gasteiger partial charge is 0.335 e. The first-order valence-electron chi connectivity index (χ1n) is 7.94. The second kappa shape index (κ2) is 8.25. The third-order valence-electron chi connectivity index (χ3n) is 3.55. The maximum absolute atomic E-state index is 12.0. The Morgan fingerprint density at radius 2 is 1.19 bits per heavy atom. The van der Waals surface area contributed by atoms with Gasteiger partial charge in [0.2, 0.25) is 0 Å². The zero-order valence-corrected chi connectivity index (χ0v) is 14.7. The second-order valence-electron chi connectivity index (χ2n) is 5.54. The SMILES string of the molecule is O=C(Nc1ccc(Cl)cc1)Nc1ccc(Oc2ccc(C(=O)O)cc2)cc1. The van der Waals surface area contributed by atoms with Crippen LogP contribution in [0.1, 0.15) is 10.4 Å². The topological polar surface area (TPSA) is 87.7 Å². The van der Waals surface area contributed by atoms with Crippen LogP contribution in [0.4, 0.5) is 16.2 Å². The number of urea groups is 1. The zero-order chi connectivity index (χ0) is 19.2. The molecule has 27 heavy (non-hydrogen) atoms. The van der Waals surface area contributed by atoms with Crippen LogP contribution < -0.4 is 15.4 Å².